The second-order valence-corrected chi connectivity index (χ2v) is 6.73. The van der Waals surface area contributed by atoms with Crippen LogP contribution >= 0.6 is 0 Å². The summed E-state index contributed by atoms with van der Waals surface area (Å²) in [6.07, 6.45) is 3.68. The van der Waals surface area contributed by atoms with Gasteiger partial charge in [0.2, 0.25) is 5.91 Å². The summed E-state index contributed by atoms with van der Waals surface area (Å²) < 4.78 is 13.3. The first-order valence-corrected chi connectivity index (χ1v) is 8.76. The molecule has 2 aromatic rings. The number of likely N-dealkylation sites (tertiary alicyclic amines) is 1. The lowest BCUT2D eigenvalue weighted by Gasteiger charge is -2.32. The molecule has 0 radical (unpaired) electrons. The van der Waals surface area contributed by atoms with Gasteiger partial charge in [-0.3, -0.25) is 14.7 Å². The molecule has 3 rings (SSSR count). The van der Waals surface area contributed by atoms with Gasteiger partial charge in [-0.15, -0.1) is 0 Å². The first kappa shape index (κ1) is 17.5. The molecule has 4 nitrogen and oxygen atoms in total. The number of aryl methyl sites for hydroxylation is 1. The Morgan fingerprint density at radius 3 is 2.96 bits per heavy atom. The summed E-state index contributed by atoms with van der Waals surface area (Å²) in [5, 5.41) is 3.02. The van der Waals surface area contributed by atoms with Crippen LogP contribution in [0.3, 0.4) is 0 Å². The van der Waals surface area contributed by atoms with Crippen molar-refractivity contribution >= 4 is 5.91 Å². The number of benzene rings is 1. The van der Waals surface area contributed by atoms with Crippen molar-refractivity contribution in [2.24, 2.45) is 5.92 Å². The van der Waals surface area contributed by atoms with Crippen LogP contribution in [0.5, 0.6) is 0 Å². The van der Waals surface area contributed by atoms with Crippen LogP contribution in [-0.2, 0) is 17.9 Å². The fourth-order valence-corrected chi connectivity index (χ4v) is 3.24. The third-order valence-corrected chi connectivity index (χ3v) is 4.61. The first-order valence-electron chi connectivity index (χ1n) is 8.76. The highest BCUT2D eigenvalue weighted by molar-refractivity contribution is 5.78. The lowest BCUT2D eigenvalue weighted by Crippen LogP contribution is -2.42. The van der Waals surface area contributed by atoms with Crippen molar-refractivity contribution in [3.63, 3.8) is 0 Å². The highest BCUT2D eigenvalue weighted by Crippen LogP contribution is 2.19. The van der Waals surface area contributed by atoms with Gasteiger partial charge in [-0.25, -0.2) is 4.39 Å². The number of aromatic nitrogens is 1. The SMILES string of the molecule is Cc1ccc(CNC(=O)[C@H]2CCCN(Cc3cccc(F)c3)C2)cn1. The van der Waals surface area contributed by atoms with Crippen LogP contribution < -0.4 is 5.32 Å². The van der Waals surface area contributed by atoms with Crippen LogP contribution in [0, 0.1) is 18.7 Å². The van der Waals surface area contributed by atoms with Gasteiger partial charge in [-0.05, 0) is 55.6 Å². The van der Waals surface area contributed by atoms with Crippen LogP contribution in [0.15, 0.2) is 42.6 Å². The van der Waals surface area contributed by atoms with Gasteiger partial charge >= 0.3 is 0 Å². The second kappa shape index (κ2) is 8.21. The van der Waals surface area contributed by atoms with E-state index in [-0.39, 0.29) is 17.6 Å². The molecule has 0 unspecified atom stereocenters. The maximum atomic E-state index is 13.3. The second-order valence-electron chi connectivity index (χ2n) is 6.73. The summed E-state index contributed by atoms with van der Waals surface area (Å²) in [7, 11) is 0. The summed E-state index contributed by atoms with van der Waals surface area (Å²) >= 11 is 0. The number of hydrogen-bond acceptors (Lipinski definition) is 3. The van der Waals surface area contributed by atoms with Crippen LogP contribution in [-0.4, -0.2) is 28.9 Å². The van der Waals surface area contributed by atoms with Crippen LogP contribution in [0.2, 0.25) is 0 Å². The molecule has 0 bridgehead atoms. The van der Waals surface area contributed by atoms with Gasteiger partial charge < -0.3 is 5.32 Å². The van der Waals surface area contributed by atoms with Gasteiger partial charge in [0.25, 0.3) is 0 Å². The molecule has 1 amide bonds. The van der Waals surface area contributed by atoms with Crippen molar-refractivity contribution in [1.29, 1.82) is 0 Å². The zero-order valence-corrected chi connectivity index (χ0v) is 14.5. The molecule has 5 heteroatoms. The topological polar surface area (TPSA) is 45.2 Å². The molecular formula is C20H24FN3O. The van der Waals surface area contributed by atoms with E-state index in [0.29, 0.717) is 19.6 Å². The standard InChI is InChI=1S/C20H24FN3O/c1-15-7-8-17(11-22-15)12-23-20(25)18-5-3-9-24(14-18)13-16-4-2-6-19(21)10-16/h2,4,6-8,10-11,18H,3,5,9,12-14H2,1H3,(H,23,25)/t18-/m0/s1. The summed E-state index contributed by atoms with van der Waals surface area (Å²) in [5.74, 6) is -0.138. The zero-order valence-electron chi connectivity index (χ0n) is 14.5. The van der Waals surface area contributed by atoms with Crippen LogP contribution in [0.25, 0.3) is 0 Å². The maximum absolute atomic E-state index is 13.3. The fraction of sp³-hybridized carbons (Fsp3) is 0.400. The Balaban J connectivity index is 1.51. The number of halogens is 1. The number of nitrogens with one attached hydrogen (secondary N) is 1. The van der Waals surface area contributed by atoms with Gasteiger partial charge in [-0.2, -0.15) is 0 Å². The molecule has 1 aliphatic rings. The van der Waals surface area contributed by atoms with Crippen molar-refractivity contribution in [3.8, 4) is 0 Å². The highest BCUT2D eigenvalue weighted by atomic mass is 19.1. The summed E-state index contributed by atoms with van der Waals surface area (Å²) in [6, 6.07) is 10.6. The van der Waals surface area contributed by atoms with Gasteiger partial charge in [0.1, 0.15) is 5.82 Å². The maximum Gasteiger partial charge on any atom is 0.224 e. The van der Waals surface area contributed by atoms with E-state index >= 15 is 0 Å². The Hall–Kier alpha value is -2.27. The monoisotopic (exact) mass is 341 g/mol. The molecule has 1 atom stereocenters. The van der Waals surface area contributed by atoms with Gasteiger partial charge in [-0.1, -0.05) is 18.2 Å². The van der Waals surface area contributed by atoms with E-state index in [1.165, 1.54) is 6.07 Å². The highest BCUT2D eigenvalue weighted by Gasteiger charge is 2.25. The minimum Gasteiger partial charge on any atom is -0.352 e. The average Bonchev–Trinajstić information content (AvgIpc) is 2.61. The molecule has 132 valence electrons. The van der Waals surface area contributed by atoms with E-state index < -0.39 is 0 Å². The predicted octanol–water partition coefficient (Wildman–Crippen LogP) is 3.06. The minimum absolute atomic E-state index is 0.0132. The van der Waals surface area contributed by atoms with E-state index in [1.54, 1.807) is 18.3 Å². The smallest absolute Gasteiger partial charge is 0.224 e. The molecule has 2 heterocycles. The number of carbonyl (C=O) groups is 1. The summed E-state index contributed by atoms with van der Waals surface area (Å²) in [5.41, 5.74) is 2.92. The Kier molecular flexibility index (Phi) is 5.76. The number of hydrogen-bond donors (Lipinski definition) is 1. The molecule has 1 aliphatic heterocycles. The minimum atomic E-state index is -0.212. The number of pyridine rings is 1. The largest absolute Gasteiger partial charge is 0.352 e. The number of carbonyl (C=O) groups excluding carboxylic acids is 1. The Bertz CT molecular complexity index is 717. The third-order valence-electron chi connectivity index (χ3n) is 4.61. The Morgan fingerprint density at radius 1 is 1.32 bits per heavy atom. The third kappa shape index (κ3) is 5.10. The normalized spacial score (nSPS) is 18.1. The fourth-order valence-electron chi connectivity index (χ4n) is 3.24. The quantitative estimate of drug-likeness (QED) is 0.909. The molecular weight excluding hydrogens is 317 g/mol. The Morgan fingerprint density at radius 2 is 2.20 bits per heavy atom. The predicted molar refractivity (Wildman–Crippen MR) is 95.2 cm³/mol. The van der Waals surface area contributed by atoms with Crippen molar-refractivity contribution in [1.82, 2.24) is 15.2 Å². The molecule has 0 saturated carbocycles. The van der Waals surface area contributed by atoms with Crippen LogP contribution in [0.4, 0.5) is 4.39 Å². The molecule has 0 spiro atoms. The molecule has 1 aromatic carbocycles. The average molecular weight is 341 g/mol. The number of amides is 1. The van der Waals surface area contributed by atoms with E-state index in [9.17, 15) is 9.18 Å². The number of rotatable bonds is 5. The number of nitrogens with zero attached hydrogens (tertiary/aromatic N) is 2. The zero-order chi connectivity index (χ0) is 17.6. The summed E-state index contributed by atoms with van der Waals surface area (Å²) in [4.78, 5) is 18.9. The van der Waals surface area contributed by atoms with Crippen molar-refractivity contribution < 1.29 is 9.18 Å². The number of piperidine rings is 1. The Labute approximate surface area is 148 Å². The van der Waals surface area contributed by atoms with E-state index in [1.807, 2.05) is 25.1 Å². The molecule has 0 aliphatic carbocycles. The summed E-state index contributed by atoms with van der Waals surface area (Å²) in [6.45, 7) is 4.80. The van der Waals surface area contributed by atoms with E-state index in [2.05, 4.69) is 15.2 Å². The molecule has 1 saturated heterocycles. The first-order chi connectivity index (χ1) is 12.1. The molecule has 1 N–H and O–H groups in total. The van der Waals surface area contributed by atoms with Crippen molar-refractivity contribution in [2.75, 3.05) is 13.1 Å². The lowest BCUT2D eigenvalue weighted by atomic mass is 9.96. The van der Waals surface area contributed by atoms with Gasteiger partial charge in [0, 0.05) is 31.5 Å². The molecule has 1 aromatic heterocycles. The molecule has 25 heavy (non-hydrogen) atoms. The van der Waals surface area contributed by atoms with Crippen molar-refractivity contribution in [2.45, 2.75) is 32.9 Å². The van der Waals surface area contributed by atoms with Gasteiger partial charge in [0.15, 0.2) is 0 Å². The van der Waals surface area contributed by atoms with Gasteiger partial charge in [0.05, 0.1) is 5.92 Å². The van der Waals surface area contributed by atoms with Crippen LogP contribution in [0.1, 0.15) is 29.7 Å². The van der Waals surface area contributed by atoms with Crippen molar-refractivity contribution in [3.05, 3.63) is 65.2 Å². The van der Waals surface area contributed by atoms with E-state index in [0.717, 1.165) is 36.2 Å². The lowest BCUT2D eigenvalue weighted by molar-refractivity contribution is -0.126. The molecule has 1 fully saturated rings. The van der Waals surface area contributed by atoms with E-state index in [4.69, 9.17) is 0 Å².